The molecule has 1 aromatic carbocycles. The van der Waals surface area contributed by atoms with Crippen molar-refractivity contribution >= 4 is 12.4 Å². The van der Waals surface area contributed by atoms with E-state index in [0.29, 0.717) is 19.3 Å². The maximum absolute atomic E-state index is 5.68. The third-order valence-electron chi connectivity index (χ3n) is 4.05. The third-order valence-corrected chi connectivity index (χ3v) is 4.05. The Balaban J connectivity index is 0.00000161. The van der Waals surface area contributed by atoms with Crippen LogP contribution in [0.3, 0.4) is 0 Å². The van der Waals surface area contributed by atoms with Crippen LogP contribution < -0.4 is 14.8 Å². The van der Waals surface area contributed by atoms with Gasteiger partial charge in [-0.3, -0.25) is 4.90 Å². The molecule has 2 aliphatic rings. The lowest BCUT2D eigenvalue weighted by atomic mass is 10.1. The Morgan fingerprint density at radius 1 is 1.24 bits per heavy atom. The first kappa shape index (κ1) is 16.4. The standard InChI is InChI=1S/C16H24N2O2.ClH/c1-2-7-18(14-5-6-17-11-14)12-13-3-4-15-16(10-13)20-9-8-19-15;/h3-4,10,14,17H,2,5-9,11-12H2,1H3;1H. The Kier molecular flexibility index (Phi) is 6.15. The molecule has 1 aromatic rings. The van der Waals surface area contributed by atoms with E-state index in [4.69, 9.17) is 9.47 Å². The maximum Gasteiger partial charge on any atom is 0.161 e. The Hall–Kier alpha value is -0.970. The molecule has 0 aliphatic carbocycles. The topological polar surface area (TPSA) is 33.7 Å². The predicted octanol–water partition coefficient (Wildman–Crippen LogP) is 2.45. The van der Waals surface area contributed by atoms with Crippen LogP contribution in [0, 0.1) is 0 Å². The van der Waals surface area contributed by atoms with Crippen molar-refractivity contribution in [3.05, 3.63) is 23.8 Å². The number of hydrogen-bond acceptors (Lipinski definition) is 4. The number of nitrogens with zero attached hydrogens (tertiary/aromatic N) is 1. The molecular formula is C16H25ClN2O2. The van der Waals surface area contributed by atoms with Crippen LogP contribution >= 0.6 is 12.4 Å². The average molecular weight is 313 g/mol. The van der Waals surface area contributed by atoms with Gasteiger partial charge in [0.2, 0.25) is 0 Å². The normalized spacial score (nSPS) is 20.4. The van der Waals surface area contributed by atoms with Gasteiger partial charge in [0, 0.05) is 19.1 Å². The maximum atomic E-state index is 5.68. The van der Waals surface area contributed by atoms with E-state index in [1.807, 2.05) is 6.07 Å². The molecule has 3 rings (SSSR count). The van der Waals surface area contributed by atoms with Gasteiger partial charge in [0.25, 0.3) is 0 Å². The minimum atomic E-state index is 0. The van der Waals surface area contributed by atoms with Gasteiger partial charge in [-0.25, -0.2) is 0 Å². The molecule has 0 spiro atoms. The fourth-order valence-electron chi connectivity index (χ4n) is 3.05. The van der Waals surface area contributed by atoms with Crippen molar-refractivity contribution in [1.29, 1.82) is 0 Å². The largest absolute Gasteiger partial charge is 0.486 e. The highest BCUT2D eigenvalue weighted by molar-refractivity contribution is 5.85. The van der Waals surface area contributed by atoms with Gasteiger partial charge in [-0.05, 0) is 43.6 Å². The van der Waals surface area contributed by atoms with Crippen molar-refractivity contribution in [3.63, 3.8) is 0 Å². The van der Waals surface area contributed by atoms with Crippen LogP contribution in [-0.4, -0.2) is 43.8 Å². The minimum Gasteiger partial charge on any atom is -0.486 e. The Bertz CT molecular complexity index is 450. The second-order valence-electron chi connectivity index (χ2n) is 5.60. The molecule has 1 saturated heterocycles. The summed E-state index contributed by atoms with van der Waals surface area (Å²) in [6.07, 6.45) is 2.45. The third kappa shape index (κ3) is 4.02. The highest BCUT2D eigenvalue weighted by Gasteiger charge is 2.22. The first-order chi connectivity index (χ1) is 9.86. The van der Waals surface area contributed by atoms with Gasteiger partial charge in [-0.2, -0.15) is 0 Å². The summed E-state index contributed by atoms with van der Waals surface area (Å²) in [4.78, 5) is 2.59. The van der Waals surface area contributed by atoms with Crippen LogP contribution in [0.15, 0.2) is 18.2 Å². The molecule has 118 valence electrons. The molecule has 2 heterocycles. The van der Waals surface area contributed by atoms with Crippen LogP contribution in [0.2, 0.25) is 0 Å². The molecule has 1 atom stereocenters. The van der Waals surface area contributed by atoms with Crippen LogP contribution in [0.1, 0.15) is 25.3 Å². The molecule has 4 nitrogen and oxygen atoms in total. The van der Waals surface area contributed by atoms with E-state index >= 15 is 0 Å². The number of benzene rings is 1. The molecule has 21 heavy (non-hydrogen) atoms. The van der Waals surface area contributed by atoms with Crippen molar-refractivity contribution in [2.75, 3.05) is 32.8 Å². The van der Waals surface area contributed by atoms with Gasteiger partial charge >= 0.3 is 0 Å². The summed E-state index contributed by atoms with van der Waals surface area (Å²) in [5.41, 5.74) is 1.31. The summed E-state index contributed by atoms with van der Waals surface area (Å²) < 4.78 is 11.3. The lowest BCUT2D eigenvalue weighted by Gasteiger charge is -2.28. The Morgan fingerprint density at radius 3 is 2.76 bits per heavy atom. The van der Waals surface area contributed by atoms with Crippen molar-refractivity contribution in [2.45, 2.75) is 32.4 Å². The molecular weight excluding hydrogens is 288 g/mol. The highest BCUT2D eigenvalue weighted by Crippen LogP contribution is 2.31. The van der Waals surface area contributed by atoms with Crippen LogP contribution in [0.25, 0.3) is 0 Å². The molecule has 1 unspecified atom stereocenters. The molecule has 0 radical (unpaired) electrons. The summed E-state index contributed by atoms with van der Waals surface area (Å²) in [5.74, 6) is 1.78. The number of rotatable bonds is 5. The summed E-state index contributed by atoms with van der Waals surface area (Å²) in [6.45, 7) is 7.97. The molecule has 0 amide bonds. The zero-order chi connectivity index (χ0) is 13.8. The molecule has 0 bridgehead atoms. The quantitative estimate of drug-likeness (QED) is 0.905. The SMILES string of the molecule is CCCN(Cc1ccc2c(c1)OCCO2)C1CCNC1.Cl. The summed E-state index contributed by atoms with van der Waals surface area (Å²) in [6, 6.07) is 7.02. The Morgan fingerprint density at radius 2 is 2.05 bits per heavy atom. The zero-order valence-electron chi connectivity index (χ0n) is 12.6. The first-order valence-electron chi connectivity index (χ1n) is 7.70. The minimum absolute atomic E-state index is 0. The van der Waals surface area contributed by atoms with Gasteiger partial charge in [-0.1, -0.05) is 13.0 Å². The summed E-state index contributed by atoms with van der Waals surface area (Å²) >= 11 is 0. The van der Waals surface area contributed by atoms with Crippen LogP contribution in [0.5, 0.6) is 11.5 Å². The predicted molar refractivity (Wildman–Crippen MR) is 86.7 cm³/mol. The fourth-order valence-corrected chi connectivity index (χ4v) is 3.05. The van der Waals surface area contributed by atoms with E-state index in [1.165, 1.54) is 18.4 Å². The van der Waals surface area contributed by atoms with Crippen LogP contribution in [0.4, 0.5) is 0 Å². The zero-order valence-corrected chi connectivity index (χ0v) is 13.5. The molecule has 5 heteroatoms. The molecule has 1 N–H and O–H groups in total. The molecule has 1 fully saturated rings. The van der Waals surface area contributed by atoms with Crippen LogP contribution in [-0.2, 0) is 6.54 Å². The first-order valence-corrected chi connectivity index (χ1v) is 7.70. The number of fused-ring (bicyclic) bond motifs is 1. The van der Waals surface area contributed by atoms with Gasteiger partial charge in [0.05, 0.1) is 0 Å². The van der Waals surface area contributed by atoms with E-state index in [-0.39, 0.29) is 12.4 Å². The van der Waals surface area contributed by atoms with Crippen molar-refractivity contribution in [3.8, 4) is 11.5 Å². The number of hydrogen-bond donors (Lipinski definition) is 1. The van der Waals surface area contributed by atoms with E-state index < -0.39 is 0 Å². The average Bonchev–Trinajstić information content (AvgIpc) is 3.01. The second kappa shape index (κ2) is 7.87. The number of halogens is 1. The molecule has 2 aliphatic heterocycles. The fraction of sp³-hybridized carbons (Fsp3) is 0.625. The lowest BCUT2D eigenvalue weighted by Crippen LogP contribution is -2.36. The van der Waals surface area contributed by atoms with E-state index in [2.05, 4.69) is 29.3 Å². The van der Waals surface area contributed by atoms with Gasteiger partial charge in [0.15, 0.2) is 11.5 Å². The van der Waals surface area contributed by atoms with Gasteiger partial charge in [0.1, 0.15) is 13.2 Å². The smallest absolute Gasteiger partial charge is 0.161 e. The lowest BCUT2D eigenvalue weighted by molar-refractivity contribution is 0.170. The van der Waals surface area contributed by atoms with E-state index in [0.717, 1.165) is 37.7 Å². The second-order valence-corrected chi connectivity index (χ2v) is 5.60. The van der Waals surface area contributed by atoms with Gasteiger partial charge in [-0.15, -0.1) is 12.4 Å². The van der Waals surface area contributed by atoms with E-state index in [1.54, 1.807) is 0 Å². The number of nitrogens with one attached hydrogen (secondary N) is 1. The van der Waals surface area contributed by atoms with Crippen molar-refractivity contribution in [1.82, 2.24) is 10.2 Å². The Labute approximate surface area is 133 Å². The summed E-state index contributed by atoms with van der Waals surface area (Å²) in [5, 5.41) is 3.46. The molecule has 0 saturated carbocycles. The monoisotopic (exact) mass is 312 g/mol. The molecule has 0 aromatic heterocycles. The van der Waals surface area contributed by atoms with Crippen molar-refractivity contribution < 1.29 is 9.47 Å². The summed E-state index contributed by atoms with van der Waals surface area (Å²) in [7, 11) is 0. The number of ether oxygens (including phenoxy) is 2. The van der Waals surface area contributed by atoms with Gasteiger partial charge < -0.3 is 14.8 Å². The highest BCUT2D eigenvalue weighted by atomic mass is 35.5. The van der Waals surface area contributed by atoms with E-state index in [9.17, 15) is 0 Å². The van der Waals surface area contributed by atoms with Crippen molar-refractivity contribution in [2.24, 2.45) is 0 Å².